The molecule has 2 amide bonds. The molecule has 2 aromatic carbocycles. The second-order valence-electron chi connectivity index (χ2n) is 5.66. The minimum absolute atomic E-state index is 0.00368. The van der Waals surface area contributed by atoms with E-state index in [4.69, 9.17) is 0 Å². The number of hydrogen-bond donors (Lipinski definition) is 3. The summed E-state index contributed by atoms with van der Waals surface area (Å²) in [5.74, 6) is -0.453. The molecule has 0 radical (unpaired) electrons. The minimum atomic E-state index is -3.66. The molecule has 0 saturated carbocycles. The molecule has 0 atom stereocenters. The fourth-order valence-corrected chi connectivity index (χ4v) is 3.85. The summed E-state index contributed by atoms with van der Waals surface area (Å²) in [5, 5.41) is 5.25. The molecule has 9 heteroatoms. The van der Waals surface area contributed by atoms with Gasteiger partial charge in [0.1, 0.15) is 0 Å². The average molecular weight is 454 g/mol. The number of hydrogen-bond acceptors (Lipinski definition) is 4. The van der Waals surface area contributed by atoms with Crippen molar-refractivity contribution in [2.75, 3.05) is 13.6 Å². The highest BCUT2D eigenvalue weighted by molar-refractivity contribution is 9.10. The Morgan fingerprint density at radius 1 is 1.07 bits per heavy atom. The van der Waals surface area contributed by atoms with Gasteiger partial charge in [0, 0.05) is 36.6 Å². The van der Waals surface area contributed by atoms with Crippen molar-refractivity contribution in [1.82, 2.24) is 15.4 Å². The Bertz CT molecular complexity index is 914. The van der Waals surface area contributed by atoms with Gasteiger partial charge in [-0.25, -0.2) is 13.1 Å². The van der Waals surface area contributed by atoms with E-state index in [-0.39, 0.29) is 29.7 Å². The Morgan fingerprint density at radius 3 is 2.41 bits per heavy atom. The number of carbonyl (C=O) groups excluding carboxylic acids is 2. The van der Waals surface area contributed by atoms with Gasteiger partial charge in [-0.1, -0.05) is 34.1 Å². The smallest absolute Gasteiger partial charge is 0.251 e. The number of rotatable bonds is 8. The van der Waals surface area contributed by atoms with E-state index in [9.17, 15) is 18.0 Å². The molecule has 2 aromatic rings. The summed E-state index contributed by atoms with van der Waals surface area (Å²) in [6, 6.07) is 13.2. The van der Waals surface area contributed by atoms with Crippen LogP contribution in [0.25, 0.3) is 0 Å². The standard InChI is InChI=1S/C18H20BrN3O4S/c1-20-18(24)14-7-5-13(6-8-14)12-21-17(23)9-10-22-27(25,26)16-4-2-3-15(19)11-16/h2-8,11,22H,9-10,12H2,1H3,(H,20,24)(H,21,23). The van der Waals surface area contributed by atoms with Crippen molar-refractivity contribution in [2.45, 2.75) is 17.9 Å². The monoisotopic (exact) mass is 453 g/mol. The Labute approximate surface area is 166 Å². The van der Waals surface area contributed by atoms with E-state index >= 15 is 0 Å². The molecule has 0 spiro atoms. The lowest BCUT2D eigenvalue weighted by Crippen LogP contribution is -2.30. The highest BCUT2D eigenvalue weighted by atomic mass is 79.9. The maximum atomic E-state index is 12.2. The Morgan fingerprint density at radius 2 is 1.78 bits per heavy atom. The number of sulfonamides is 1. The molecule has 3 N–H and O–H groups in total. The first kappa shape index (κ1) is 21.1. The van der Waals surface area contributed by atoms with Crippen molar-refractivity contribution in [2.24, 2.45) is 0 Å². The SMILES string of the molecule is CNC(=O)c1ccc(CNC(=O)CCNS(=O)(=O)c2cccc(Br)c2)cc1. The fraction of sp³-hybridized carbons (Fsp3) is 0.222. The number of nitrogens with one attached hydrogen (secondary N) is 3. The van der Waals surface area contributed by atoms with E-state index in [1.165, 1.54) is 12.1 Å². The maximum absolute atomic E-state index is 12.2. The second-order valence-corrected chi connectivity index (χ2v) is 8.34. The lowest BCUT2D eigenvalue weighted by Gasteiger charge is -2.08. The molecule has 0 bridgehead atoms. The molecule has 144 valence electrons. The topological polar surface area (TPSA) is 104 Å². The predicted octanol–water partition coefficient (Wildman–Crippen LogP) is 1.79. The normalized spacial score (nSPS) is 11.0. The van der Waals surface area contributed by atoms with Crippen LogP contribution in [0.5, 0.6) is 0 Å². The number of halogens is 1. The summed E-state index contributed by atoms with van der Waals surface area (Å²) in [6.45, 7) is 0.293. The van der Waals surface area contributed by atoms with Gasteiger partial charge in [0.25, 0.3) is 5.91 Å². The molecule has 0 fully saturated rings. The summed E-state index contributed by atoms with van der Waals surface area (Å²) in [7, 11) is -2.10. The van der Waals surface area contributed by atoms with Gasteiger partial charge < -0.3 is 10.6 Å². The molecule has 7 nitrogen and oxygen atoms in total. The van der Waals surface area contributed by atoms with Crippen LogP contribution in [0.4, 0.5) is 0 Å². The van der Waals surface area contributed by atoms with E-state index in [0.717, 1.165) is 5.56 Å². The molecular weight excluding hydrogens is 434 g/mol. The Kier molecular flexibility index (Phi) is 7.52. The van der Waals surface area contributed by atoms with E-state index in [2.05, 4.69) is 31.3 Å². The highest BCUT2D eigenvalue weighted by Gasteiger charge is 2.14. The molecular formula is C18H20BrN3O4S. The third kappa shape index (κ3) is 6.46. The van der Waals surface area contributed by atoms with Crippen LogP contribution in [0.15, 0.2) is 57.9 Å². The van der Waals surface area contributed by atoms with Crippen LogP contribution in [0, 0.1) is 0 Å². The molecule has 0 aliphatic heterocycles. The quantitative estimate of drug-likeness (QED) is 0.566. The number of carbonyl (C=O) groups is 2. The summed E-state index contributed by atoms with van der Waals surface area (Å²) in [6.07, 6.45) is 0.0174. The van der Waals surface area contributed by atoms with Gasteiger partial charge in [-0.15, -0.1) is 0 Å². The van der Waals surface area contributed by atoms with E-state index < -0.39 is 10.0 Å². The first-order valence-electron chi connectivity index (χ1n) is 8.15. The molecule has 0 heterocycles. The van der Waals surface area contributed by atoms with Crippen LogP contribution in [0.3, 0.4) is 0 Å². The van der Waals surface area contributed by atoms with Gasteiger partial charge in [-0.05, 0) is 35.9 Å². The molecule has 0 aliphatic rings. The Balaban J connectivity index is 1.78. The predicted molar refractivity (Wildman–Crippen MR) is 106 cm³/mol. The van der Waals surface area contributed by atoms with E-state index in [1.807, 2.05) is 0 Å². The third-order valence-corrected chi connectivity index (χ3v) is 5.64. The fourth-order valence-electron chi connectivity index (χ4n) is 2.22. The van der Waals surface area contributed by atoms with Crippen LogP contribution >= 0.6 is 15.9 Å². The zero-order valence-electron chi connectivity index (χ0n) is 14.7. The molecule has 0 aromatic heterocycles. The maximum Gasteiger partial charge on any atom is 0.251 e. The Hall–Kier alpha value is -2.23. The first-order valence-corrected chi connectivity index (χ1v) is 10.4. The van der Waals surface area contributed by atoms with Crippen molar-refractivity contribution in [3.8, 4) is 0 Å². The molecule has 27 heavy (non-hydrogen) atoms. The summed E-state index contributed by atoms with van der Waals surface area (Å²) in [5.41, 5.74) is 1.38. The van der Waals surface area contributed by atoms with Gasteiger partial charge in [-0.2, -0.15) is 0 Å². The highest BCUT2D eigenvalue weighted by Crippen LogP contribution is 2.15. The molecule has 0 aliphatic carbocycles. The van der Waals surface area contributed by atoms with Gasteiger partial charge >= 0.3 is 0 Å². The summed E-state index contributed by atoms with van der Waals surface area (Å²) >= 11 is 3.23. The van der Waals surface area contributed by atoms with Crippen molar-refractivity contribution < 1.29 is 18.0 Å². The van der Waals surface area contributed by atoms with Gasteiger partial charge in [0.2, 0.25) is 15.9 Å². The lowest BCUT2D eigenvalue weighted by molar-refractivity contribution is -0.121. The van der Waals surface area contributed by atoms with Crippen molar-refractivity contribution >= 4 is 37.8 Å². The first-order chi connectivity index (χ1) is 12.8. The van der Waals surface area contributed by atoms with Crippen LogP contribution in [-0.4, -0.2) is 33.8 Å². The zero-order valence-corrected chi connectivity index (χ0v) is 17.1. The van der Waals surface area contributed by atoms with Crippen LogP contribution in [-0.2, 0) is 21.4 Å². The summed E-state index contributed by atoms with van der Waals surface area (Å²) in [4.78, 5) is 23.5. The molecule has 0 unspecified atom stereocenters. The number of amides is 2. The lowest BCUT2D eigenvalue weighted by atomic mass is 10.1. The third-order valence-electron chi connectivity index (χ3n) is 3.68. The van der Waals surface area contributed by atoms with E-state index in [0.29, 0.717) is 16.6 Å². The average Bonchev–Trinajstić information content (AvgIpc) is 2.66. The number of benzene rings is 2. The zero-order chi connectivity index (χ0) is 19.9. The van der Waals surface area contributed by atoms with Crippen molar-refractivity contribution in [3.05, 3.63) is 64.1 Å². The van der Waals surface area contributed by atoms with Gasteiger partial charge in [0.15, 0.2) is 0 Å². The minimum Gasteiger partial charge on any atom is -0.355 e. The van der Waals surface area contributed by atoms with Crippen molar-refractivity contribution in [3.63, 3.8) is 0 Å². The van der Waals surface area contributed by atoms with Crippen molar-refractivity contribution in [1.29, 1.82) is 0 Å². The van der Waals surface area contributed by atoms with Crippen LogP contribution < -0.4 is 15.4 Å². The van der Waals surface area contributed by atoms with Gasteiger partial charge in [-0.3, -0.25) is 9.59 Å². The van der Waals surface area contributed by atoms with Crippen LogP contribution in [0.1, 0.15) is 22.3 Å². The summed E-state index contributed by atoms with van der Waals surface area (Å²) < 4.78 is 27.4. The second kappa shape index (κ2) is 9.63. The largest absolute Gasteiger partial charge is 0.355 e. The van der Waals surface area contributed by atoms with E-state index in [1.54, 1.807) is 43.4 Å². The molecule has 2 rings (SSSR count). The van der Waals surface area contributed by atoms with Gasteiger partial charge in [0.05, 0.1) is 4.90 Å². The van der Waals surface area contributed by atoms with Crippen LogP contribution in [0.2, 0.25) is 0 Å². The molecule has 0 saturated heterocycles.